The summed E-state index contributed by atoms with van der Waals surface area (Å²) in [5.74, 6) is 0.764. The van der Waals surface area contributed by atoms with Crippen LogP contribution in [-0.2, 0) is 0 Å². The van der Waals surface area contributed by atoms with Gasteiger partial charge in [-0.25, -0.2) is 0 Å². The van der Waals surface area contributed by atoms with E-state index in [2.05, 4.69) is 20.1 Å². The van der Waals surface area contributed by atoms with Crippen LogP contribution in [0.25, 0.3) is 0 Å². The van der Waals surface area contributed by atoms with E-state index in [9.17, 15) is 13.2 Å². The average Bonchev–Trinajstić information content (AvgIpc) is 3.05. The molecule has 2 fully saturated rings. The normalized spacial score (nSPS) is 21.6. The number of likely N-dealkylation sites (tertiary alicyclic amines) is 1. The predicted octanol–water partition coefficient (Wildman–Crippen LogP) is 3.29. The van der Waals surface area contributed by atoms with Crippen molar-refractivity contribution in [1.29, 1.82) is 0 Å². The molecule has 1 aromatic rings. The number of hydrogen-bond donors (Lipinski definition) is 1. The predicted molar refractivity (Wildman–Crippen MR) is 118 cm³/mol. The van der Waals surface area contributed by atoms with Gasteiger partial charge in [-0.15, -0.1) is 24.0 Å². The topological polar surface area (TPSA) is 34.1 Å². The Morgan fingerprint density at radius 3 is 2.54 bits per heavy atom. The molecular formula is C18H26ClF3IN5. The molecule has 0 radical (unpaired) electrons. The van der Waals surface area contributed by atoms with E-state index in [1.165, 1.54) is 4.90 Å². The van der Waals surface area contributed by atoms with Crippen LogP contribution in [-0.4, -0.2) is 80.8 Å². The number of anilines is 1. The molecule has 1 atom stereocenters. The molecule has 3 rings (SSSR count). The lowest BCUT2D eigenvalue weighted by Crippen LogP contribution is -2.54. The number of benzene rings is 1. The second-order valence-electron chi connectivity index (χ2n) is 6.98. The van der Waals surface area contributed by atoms with E-state index >= 15 is 0 Å². The maximum atomic E-state index is 12.5. The average molecular weight is 532 g/mol. The zero-order valence-corrected chi connectivity index (χ0v) is 18.8. The van der Waals surface area contributed by atoms with Crippen LogP contribution in [0.5, 0.6) is 0 Å². The van der Waals surface area contributed by atoms with Crippen molar-refractivity contribution in [2.24, 2.45) is 4.99 Å². The van der Waals surface area contributed by atoms with Gasteiger partial charge in [-0.1, -0.05) is 17.7 Å². The summed E-state index contributed by atoms with van der Waals surface area (Å²) in [6.07, 6.45) is -3.45. The number of halogens is 5. The van der Waals surface area contributed by atoms with Crippen LogP contribution < -0.4 is 10.2 Å². The zero-order valence-electron chi connectivity index (χ0n) is 15.8. The van der Waals surface area contributed by atoms with Gasteiger partial charge in [0.1, 0.15) is 0 Å². The number of rotatable bonds is 3. The SMILES string of the molecule is CN=C(NC1CCN(CC(F)(F)F)C1)N1CCN(c2cccc(Cl)c2)CC1.I. The number of nitrogens with one attached hydrogen (secondary N) is 1. The van der Waals surface area contributed by atoms with Gasteiger partial charge in [0, 0.05) is 63.1 Å². The Balaban J connectivity index is 0.00000280. The minimum absolute atomic E-state index is 0. The van der Waals surface area contributed by atoms with Crippen molar-refractivity contribution in [3.05, 3.63) is 29.3 Å². The first-order valence-electron chi connectivity index (χ1n) is 9.12. The number of hydrogen-bond acceptors (Lipinski definition) is 3. The van der Waals surface area contributed by atoms with Gasteiger partial charge in [0.05, 0.1) is 6.54 Å². The number of guanidine groups is 1. The van der Waals surface area contributed by atoms with Gasteiger partial charge in [0.15, 0.2) is 5.96 Å². The van der Waals surface area contributed by atoms with E-state index in [-0.39, 0.29) is 30.0 Å². The van der Waals surface area contributed by atoms with Gasteiger partial charge in [-0.2, -0.15) is 13.2 Å². The van der Waals surface area contributed by atoms with Gasteiger partial charge in [-0.3, -0.25) is 9.89 Å². The molecule has 2 aliphatic heterocycles. The minimum Gasteiger partial charge on any atom is -0.368 e. The first kappa shape index (κ1) is 23.3. The standard InChI is InChI=1S/C18H25ClF3N5.HI/c1-23-17(24-15-5-6-25(12-15)13-18(20,21)22)27-9-7-26(8-10-27)16-4-2-3-14(19)11-16;/h2-4,11,15H,5-10,12-13H2,1H3,(H,23,24);1H. The quantitative estimate of drug-likeness (QED) is 0.369. The fourth-order valence-corrected chi connectivity index (χ4v) is 3.86. The second-order valence-corrected chi connectivity index (χ2v) is 7.42. The highest BCUT2D eigenvalue weighted by atomic mass is 127. The van der Waals surface area contributed by atoms with E-state index < -0.39 is 12.7 Å². The first-order chi connectivity index (χ1) is 12.8. The molecule has 0 aromatic heterocycles. The van der Waals surface area contributed by atoms with Gasteiger partial charge < -0.3 is 15.1 Å². The van der Waals surface area contributed by atoms with Crippen molar-refractivity contribution in [2.75, 3.05) is 57.8 Å². The van der Waals surface area contributed by atoms with Crippen LogP contribution in [0.4, 0.5) is 18.9 Å². The van der Waals surface area contributed by atoms with Crippen molar-refractivity contribution in [1.82, 2.24) is 15.1 Å². The first-order valence-corrected chi connectivity index (χ1v) is 9.50. The largest absolute Gasteiger partial charge is 0.401 e. The summed E-state index contributed by atoms with van der Waals surface area (Å²) >= 11 is 6.07. The maximum Gasteiger partial charge on any atom is 0.401 e. The number of nitrogens with zero attached hydrogens (tertiary/aromatic N) is 4. The fourth-order valence-electron chi connectivity index (χ4n) is 3.68. The molecule has 1 unspecified atom stereocenters. The van der Waals surface area contributed by atoms with Crippen LogP contribution in [0, 0.1) is 0 Å². The van der Waals surface area contributed by atoms with Crippen LogP contribution in [0.3, 0.4) is 0 Å². The highest BCUT2D eigenvalue weighted by Gasteiger charge is 2.35. The summed E-state index contributed by atoms with van der Waals surface area (Å²) in [6.45, 7) is 3.27. The number of aliphatic imine (C=N–C) groups is 1. The third-order valence-corrected chi connectivity index (χ3v) is 5.21. The fraction of sp³-hybridized carbons (Fsp3) is 0.611. The van der Waals surface area contributed by atoms with Crippen LogP contribution in [0.2, 0.25) is 5.02 Å². The summed E-state index contributed by atoms with van der Waals surface area (Å²) in [5.41, 5.74) is 1.10. The summed E-state index contributed by atoms with van der Waals surface area (Å²) in [7, 11) is 1.72. The van der Waals surface area contributed by atoms with E-state index in [0.29, 0.717) is 19.5 Å². The molecule has 2 aliphatic rings. The lowest BCUT2D eigenvalue weighted by atomic mass is 10.2. The molecule has 158 valence electrons. The summed E-state index contributed by atoms with van der Waals surface area (Å²) < 4.78 is 37.6. The zero-order chi connectivity index (χ0) is 19.4. The molecule has 1 aromatic carbocycles. The highest BCUT2D eigenvalue weighted by Crippen LogP contribution is 2.22. The van der Waals surface area contributed by atoms with E-state index in [0.717, 1.165) is 42.8 Å². The lowest BCUT2D eigenvalue weighted by Gasteiger charge is -2.38. The van der Waals surface area contributed by atoms with Crippen molar-refractivity contribution in [3.63, 3.8) is 0 Å². The van der Waals surface area contributed by atoms with E-state index in [1.54, 1.807) is 7.05 Å². The molecule has 0 amide bonds. The Morgan fingerprint density at radius 1 is 1.21 bits per heavy atom. The molecule has 10 heteroatoms. The third-order valence-electron chi connectivity index (χ3n) is 4.97. The van der Waals surface area contributed by atoms with Crippen LogP contribution in [0.15, 0.2) is 29.3 Å². The third kappa shape index (κ3) is 6.55. The monoisotopic (exact) mass is 531 g/mol. The summed E-state index contributed by atoms with van der Waals surface area (Å²) in [4.78, 5) is 10.2. The molecule has 2 saturated heterocycles. The Morgan fingerprint density at radius 2 is 1.93 bits per heavy atom. The van der Waals surface area contributed by atoms with E-state index in [1.807, 2.05) is 24.3 Å². The molecule has 0 spiro atoms. The van der Waals surface area contributed by atoms with Crippen molar-refractivity contribution >= 4 is 47.2 Å². The maximum absolute atomic E-state index is 12.5. The molecule has 1 N–H and O–H groups in total. The highest BCUT2D eigenvalue weighted by molar-refractivity contribution is 14.0. The molecule has 0 saturated carbocycles. The van der Waals surface area contributed by atoms with Gasteiger partial charge in [-0.05, 0) is 24.6 Å². The van der Waals surface area contributed by atoms with Gasteiger partial charge in [0.25, 0.3) is 0 Å². The van der Waals surface area contributed by atoms with Crippen LogP contribution >= 0.6 is 35.6 Å². The smallest absolute Gasteiger partial charge is 0.368 e. The molecule has 5 nitrogen and oxygen atoms in total. The Bertz CT molecular complexity index is 665. The Hall–Kier alpha value is -0.940. The van der Waals surface area contributed by atoms with Crippen molar-refractivity contribution in [3.8, 4) is 0 Å². The van der Waals surface area contributed by atoms with Gasteiger partial charge in [0.2, 0.25) is 0 Å². The second kappa shape index (κ2) is 10.2. The number of alkyl halides is 3. The minimum atomic E-state index is -4.15. The van der Waals surface area contributed by atoms with Crippen molar-refractivity contribution in [2.45, 2.75) is 18.6 Å². The summed E-state index contributed by atoms with van der Waals surface area (Å²) in [6, 6.07) is 7.80. The molecule has 0 aliphatic carbocycles. The lowest BCUT2D eigenvalue weighted by molar-refractivity contribution is -0.143. The molecular weight excluding hydrogens is 506 g/mol. The summed E-state index contributed by atoms with van der Waals surface area (Å²) in [5, 5.41) is 4.06. The van der Waals surface area contributed by atoms with Crippen molar-refractivity contribution < 1.29 is 13.2 Å². The molecule has 2 heterocycles. The van der Waals surface area contributed by atoms with Crippen LogP contribution in [0.1, 0.15) is 6.42 Å². The Kier molecular flexibility index (Phi) is 8.50. The molecule has 28 heavy (non-hydrogen) atoms. The van der Waals surface area contributed by atoms with E-state index in [4.69, 9.17) is 11.6 Å². The number of piperazine rings is 1. The Labute approximate surface area is 185 Å². The van der Waals surface area contributed by atoms with Gasteiger partial charge >= 0.3 is 6.18 Å². The molecule has 0 bridgehead atoms.